The number of thiophene rings is 1. The van der Waals surface area contributed by atoms with E-state index in [4.69, 9.17) is 11.6 Å². The van der Waals surface area contributed by atoms with E-state index in [2.05, 4.69) is 25.8 Å². The highest BCUT2D eigenvalue weighted by Gasteiger charge is 2.17. The summed E-state index contributed by atoms with van der Waals surface area (Å²) in [5.41, 5.74) is 1.39. The predicted octanol–water partition coefficient (Wildman–Crippen LogP) is 3.86. The Morgan fingerprint density at radius 3 is 2.71 bits per heavy atom. The first-order chi connectivity index (χ1) is 13.6. The van der Waals surface area contributed by atoms with E-state index >= 15 is 0 Å². The zero-order valence-corrected chi connectivity index (χ0v) is 16.0. The van der Waals surface area contributed by atoms with E-state index in [-0.39, 0.29) is 11.8 Å². The number of halogens is 1. The van der Waals surface area contributed by atoms with Crippen LogP contribution in [0.4, 0.5) is 5.82 Å². The van der Waals surface area contributed by atoms with E-state index in [9.17, 15) is 9.59 Å². The maximum absolute atomic E-state index is 12.5. The van der Waals surface area contributed by atoms with Crippen LogP contribution in [-0.4, -0.2) is 27.0 Å². The number of pyridine rings is 1. The second-order valence-electron chi connectivity index (χ2n) is 5.93. The molecule has 0 bridgehead atoms. The van der Waals surface area contributed by atoms with Crippen molar-refractivity contribution in [3.8, 4) is 0 Å². The minimum atomic E-state index is -0.297. The number of hydrogen-bond acceptors (Lipinski definition) is 5. The molecule has 7 nitrogen and oxygen atoms in total. The number of fused-ring (bicyclic) bond motifs is 1. The molecule has 4 aromatic rings. The van der Waals surface area contributed by atoms with Crippen molar-refractivity contribution in [2.24, 2.45) is 0 Å². The zero-order chi connectivity index (χ0) is 19.5. The molecule has 4 rings (SSSR count). The zero-order valence-electron chi connectivity index (χ0n) is 14.4. The van der Waals surface area contributed by atoms with Crippen LogP contribution in [0, 0.1) is 0 Å². The van der Waals surface area contributed by atoms with Crippen LogP contribution in [0.1, 0.15) is 25.6 Å². The quantitative estimate of drug-likeness (QED) is 0.464. The fourth-order valence-electron chi connectivity index (χ4n) is 2.62. The number of H-pyrrole nitrogens is 1. The topological polar surface area (TPSA) is 99.8 Å². The maximum Gasteiger partial charge on any atom is 0.261 e. The second kappa shape index (κ2) is 7.79. The summed E-state index contributed by atoms with van der Waals surface area (Å²) in [6.07, 6.45) is 3.09. The molecule has 0 atom stereocenters. The molecule has 0 unspecified atom stereocenters. The first kappa shape index (κ1) is 18.1. The average molecular weight is 412 g/mol. The molecule has 3 heterocycles. The third-order valence-electron chi connectivity index (χ3n) is 4.00. The van der Waals surface area contributed by atoms with Crippen LogP contribution in [0.2, 0.25) is 5.02 Å². The summed E-state index contributed by atoms with van der Waals surface area (Å²) in [5.74, 6) is -0.128. The van der Waals surface area contributed by atoms with Crippen molar-refractivity contribution in [3.63, 3.8) is 0 Å². The smallest absolute Gasteiger partial charge is 0.261 e. The number of benzene rings is 1. The van der Waals surface area contributed by atoms with Crippen molar-refractivity contribution in [1.82, 2.24) is 20.5 Å². The number of aromatic nitrogens is 3. The normalized spacial score (nSPS) is 10.8. The molecule has 0 saturated heterocycles. The lowest BCUT2D eigenvalue weighted by Crippen LogP contribution is -2.21. The van der Waals surface area contributed by atoms with Gasteiger partial charge in [-0.25, -0.2) is 0 Å². The number of nitrogens with one attached hydrogen (secondary N) is 3. The maximum atomic E-state index is 12.5. The van der Waals surface area contributed by atoms with Crippen LogP contribution in [0.5, 0.6) is 0 Å². The fourth-order valence-corrected chi connectivity index (χ4v) is 3.75. The molecule has 9 heteroatoms. The summed E-state index contributed by atoms with van der Waals surface area (Å²) < 4.78 is 0. The van der Waals surface area contributed by atoms with Crippen LogP contribution in [-0.2, 0) is 6.54 Å². The lowest BCUT2D eigenvalue weighted by Gasteiger charge is -2.04. The number of carbonyl (C=O) groups is 2. The van der Waals surface area contributed by atoms with E-state index < -0.39 is 0 Å². The molecule has 2 amide bonds. The molecule has 1 aromatic carbocycles. The summed E-state index contributed by atoms with van der Waals surface area (Å²) in [6, 6.07) is 12.2. The van der Waals surface area contributed by atoms with Gasteiger partial charge in [0.15, 0.2) is 5.82 Å². The number of aromatic amines is 1. The van der Waals surface area contributed by atoms with E-state index in [1.165, 1.54) is 11.3 Å². The Morgan fingerprint density at radius 1 is 1.11 bits per heavy atom. The molecule has 3 N–H and O–H groups in total. The van der Waals surface area contributed by atoms with Gasteiger partial charge in [-0.15, -0.1) is 11.3 Å². The highest BCUT2D eigenvalue weighted by atomic mass is 35.5. The molecule has 0 radical (unpaired) electrons. The van der Waals surface area contributed by atoms with Crippen LogP contribution in [0.25, 0.3) is 10.2 Å². The van der Waals surface area contributed by atoms with Crippen molar-refractivity contribution in [1.29, 1.82) is 0 Å². The van der Waals surface area contributed by atoms with Crippen LogP contribution in [0.3, 0.4) is 0 Å². The standard InChI is InChI=1S/C19H14ClN5O2S/c20-13-3-1-2-11(8-13)10-22-18(27)15-9-14-16(24-25-19(14)28-15)23-17(26)12-4-6-21-7-5-12/h1-9H,10H2,(H,22,27)(H2,23,24,25,26). The number of nitrogens with zero attached hydrogens (tertiary/aromatic N) is 2. The number of carbonyl (C=O) groups excluding carboxylic acids is 2. The average Bonchev–Trinajstić information content (AvgIpc) is 3.29. The first-order valence-electron chi connectivity index (χ1n) is 8.32. The van der Waals surface area contributed by atoms with Crippen molar-refractivity contribution in [3.05, 3.63) is 75.9 Å². The highest BCUT2D eigenvalue weighted by molar-refractivity contribution is 7.20. The van der Waals surface area contributed by atoms with Gasteiger partial charge in [-0.3, -0.25) is 19.7 Å². The van der Waals surface area contributed by atoms with Gasteiger partial charge >= 0.3 is 0 Å². The van der Waals surface area contributed by atoms with Crippen molar-refractivity contribution >= 4 is 50.8 Å². The van der Waals surface area contributed by atoms with Crippen molar-refractivity contribution < 1.29 is 9.59 Å². The van der Waals surface area contributed by atoms with Gasteiger partial charge in [-0.1, -0.05) is 23.7 Å². The van der Waals surface area contributed by atoms with Crippen molar-refractivity contribution in [2.45, 2.75) is 6.54 Å². The number of hydrogen-bond donors (Lipinski definition) is 3. The molecule has 3 aromatic heterocycles. The lowest BCUT2D eigenvalue weighted by atomic mass is 10.2. The van der Waals surface area contributed by atoms with Gasteiger partial charge in [-0.2, -0.15) is 5.10 Å². The Labute approximate surface area is 168 Å². The van der Waals surface area contributed by atoms with Crippen LogP contribution in [0.15, 0.2) is 54.9 Å². The Bertz CT molecular complexity index is 1160. The Morgan fingerprint density at radius 2 is 1.93 bits per heavy atom. The number of rotatable bonds is 5. The summed E-state index contributed by atoms with van der Waals surface area (Å²) in [6.45, 7) is 0.370. The summed E-state index contributed by atoms with van der Waals surface area (Å²) in [5, 5.41) is 13.9. The Hall–Kier alpha value is -3.23. The Balaban J connectivity index is 1.47. The second-order valence-corrected chi connectivity index (χ2v) is 7.42. The van der Waals surface area contributed by atoms with Gasteiger partial charge in [0, 0.05) is 29.5 Å². The SMILES string of the molecule is O=C(Nc1n[nH]c2sc(C(=O)NCc3cccc(Cl)c3)cc12)c1ccncc1. The van der Waals surface area contributed by atoms with Gasteiger partial charge in [0.05, 0.1) is 10.3 Å². The number of anilines is 1. The van der Waals surface area contributed by atoms with E-state index in [0.29, 0.717) is 38.0 Å². The van der Waals surface area contributed by atoms with Gasteiger partial charge in [0.2, 0.25) is 0 Å². The minimum absolute atomic E-state index is 0.207. The lowest BCUT2D eigenvalue weighted by molar-refractivity contribution is 0.0954. The molecule has 0 aliphatic rings. The summed E-state index contributed by atoms with van der Waals surface area (Å²) >= 11 is 7.23. The van der Waals surface area contributed by atoms with Crippen LogP contribution >= 0.6 is 22.9 Å². The number of amides is 2. The highest BCUT2D eigenvalue weighted by Crippen LogP contribution is 2.29. The largest absolute Gasteiger partial charge is 0.347 e. The fraction of sp³-hybridized carbons (Fsp3) is 0.0526. The third kappa shape index (κ3) is 3.88. The third-order valence-corrected chi connectivity index (χ3v) is 5.27. The molecular formula is C19H14ClN5O2S. The van der Waals surface area contributed by atoms with Gasteiger partial charge in [0.25, 0.3) is 11.8 Å². The van der Waals surface area contributed by atoms with Gasteiger partial charge < -0.3 is 10.6 Å². The summed E-state index contributed by atoms with van der Waals surface area (Å²) in [7, 11) is 0. The minimum Gasteiger partial charge on any atom is -0.347 e. The molecule has 0 aliphatic heterocycles. The van der Waals surface area contributed by atoms with Crippen LogP contribution < -0.4 is 10.6 Å². The Kier molecular flexibility index (Phi) is 5.05. The molecule has 0 aliphatic carbocycles. The van der Waals surface area contributed by atoms with Gasteiger partial charge in [-0.05, 0) is 35.9 Å². The molecule has 0 saturated carbocycles. The van der Waals surface area contributed by atoms with E-state index in [1.807, 2.05) is 12.1 Å². The molecule has 0 spiro atoms. The van der Waals surface area contributed by atoms with E-state index in [0.717, 1.165) is 5.56 Å². The van der Waals surface area contributed by atoms with E-state index in [1.54, 1.807) is 42.7 Å². The molecule has 140 valence electrons. The molecular weight excluding hydrogens is 398 g/mol. The predicted molar refractivity (Wildman–Crippen MR) is 109 cm³/mol. The monoisotopic (exact) mass is 411 g/mol. The van der Waals surface area contributed by atoms with Crippen molar-refractivity contribution in [2.75, 3.05) is 5.32 Å². The first-order valence-corrected chi connectivity index (χ1v) is 9.51. The molecule has 0 fully saturated rings. The van der Waals surface area contributed by atoms with Gasteiger partial charge in [0.1, 0.15) is 4.83 Å². The summed E-state index contributed by atoms with van der Waals surface area (Å²) in [4.78, 5) is 29.9. The molecule has 28 heavy (non-hydrogen) atoms.